The van der Waals surface area contributed by atoms with Crippen molar-refractivity contribution in [3.05, 3.63) is 51.8 Å². The molecule has 0 atom stereocenters. The second-order valence-corrected chi connectivity index (χ2v) is 4.12. The Balaban J connectivity index is 2.28. The SMILES string of the molecule is CCCc1c(N)nc(Cc2ccccn2)[nH]c1=O. The lowest BCUT2D eigenvalue weighted by Gasteiger charge is -2.05. The fourth-order valence-electron chi connectivity index (χ4n) is 1.81. The minimum absolute atomic E-state index is 0.143. The topological polar surface area (TPSA) is 84.7 Å². The number of hydrogen-bond donors (Lipinski definition) is 2. The maximum absolute atomic E-state index is 11.8. The summed E-state index contributed by atoms with van der Waals surface area (Å²) in [7, 11) is 0. The molecule has 2 heterocycles. The van der Waals surface area contributed by atoms with Crippen LogP contribution in [-0.2, 0) is 12.8 Å². The molecule has 0 aliphatic carbocycles. The van der Waals surface area contributed by atoms with Crippen molar-refractivity contribution in [1.29, 1.82) is 0 Å². The number of nitrogens with zero attached hydrogens (tertiary/aromatic N) is 2. The Morgan fingerprint density at radius 3 is 2.83 bits per heavy atom. The number of hydrogen-bond acceptors (Lipinski definition) is 4. The summed E-state index contributed by atoms with van der Waals surface area (Å²) in [5.41, 5.74) is 7.09. The van der Waals surface area contributed by atoms with Crippen molar-refractivity contribution in [2.45, 2.75) is 26.2 Å². The van der Waals surface area contributed by atoms with Crippen molar-refractivity contribution in [3.8, 4) is 0 Å². The lowest BCUT2D eigenvalue weighted by Crippen LogP contribution is -2.20. The van der Waals surface area contributed by atoms with Crippen LogP contribution in [0.2, 0.25) is 0 Å². The molecule has 0 saturated heterocycles. The lowest BCUT2D eigenvalue weighted by atomic mass is 10.2. The number of anilines is 1. The van der Waals surface area contributed by atoms with Crippen LogP contribution in [0.4, 0.5) is 5.82 Å². The molecule has 0 spiro atoms. The van der Waals surface area contributed by atoms with Gasteiger partial charge in [-0.25, -0.2) is 4.98 Å². The van der Waals surface area contributed by atoms with Gasteiger partial charge in [0.15, 0.2) is 0 Å². The first-order valence-corrected chi connectivity index (χ1v) is 5.98. The highest BCUT2D eigenvalue weighted by Crippen LogP contribution is 2.07. The molecule has 18 heavy (non-hydrogen) atoms. The standard InChI is InChI=1S/C13H16N4O/c1-2-5-10-12(14)16-11(17-13(10)18)8-9-6-3-4-7-15-9/h3-4,6-7H,2,5,8H2,1H3,(H3,14,16,17,18). The quantitative estimate of drug-likeness (QED) is 0.848. The van der Waals surface area contributed by atoms with E-state index in [0.717, 1.165) is 12.1 Å². The van der Waals surface area contributed by atoms with E-state index in [0.29, 0.717) is 30.0 Å². The zero-order valence-corrected chi connectivity index (χ0v) is 10.3. The van der Waals surface area contributed by atoms with Gasteiger partial charge in [0.1, 0.15) is 11.6 Å². The van der Waals surface area contributed by atoms with Crippen LogP contribution >= 0.6 is 0 Å². The normalized spacial score (nSPS) is 10.5. The van der Waals surface area contributed by atoms with Crippen molar-refractivity contribution < 1.29 is 0 Å². The predicted molar refractivity (Wildman–Crippen MR) is 70.3 cm³/mol. The van der Waals surface area contributed by atoms with Crippen molar-refractivity contribution in [3.63, 3.8) is 0 Å². The van der Waals surface area contributed by atoms with Crippen molar-refractivity contribution >= 4 is 5.82 Å². The number of pyridine rings is 1. The summed E-state index contributed by atoms with van der Waals surface area (Å²) in [6.07, 6.45) is 3.71. The first-order valence-electron chi connectivity index (χ1n) is 5.98. The number of nitrogens with one attached hydrogen (secondary N) is 1. The van der Waals surface area contributed by atoms with Crippen LogP contribution < -0.4 is 11.3 Å². The van der Waals surface area contributed by atoms with Crippen molar-refractivity contribution in [2.75, 3.05) is 5.73 Å². The summed E-state index contributed by atoms with van der Waals surface area (Å²) in [5.74, 6) is 0.877. The van der Waals surface area contributed by atoms with Crippen LogP contribution in [0.1, 0.15) is 30.4 Å². The molecule has 0 saturated carbocycles. The van der Waals surface area contributed by atoms with E-state index in [1.54, 1.807) is 6.20 Å². The molecule has 2 aromatic heterocycles. The molecule has 3 N–H and O–H groups in total. The number of nitrogen functional groups attached to an aromatic ring is 1. The van der Waals surface area contributed by atoms with Gasteiger partial charge < -0.3 is 10.7 Å². The molecule has 2 rings (SSSR count). The fraction of sp³-hybridized carbons (Fsp3) is 0.308. The average molecular weight is 244 g/mol. The highest BCUT2D eigenvalue weighted by Gasteiger charge is 2.08. The second-order valence-electron chi connectivity index (χ2n) is 4.12. The fourth-order valence-corrected chi connectivity index (χ4v) is 1.81. The van der Waals surface area contributed by atoms with Gasteiger partial charge in [0, 0.05) is 18.3 Å². The third kappa shape index (κ3) is 2.74. The van der Waals surface area contributed by atoms with Gasteiger partial charge in [-0.3, -0.25) is 9.78 Å². The van der Waals surface area contributed by atoms with E-state index >= 15 is 0 Å². The Morgan fingerprint density at radius 2 is 2.22 bits per heavy atom. The molecule has 0 bridgehead atoms. The Morgan fingerprint density at radius 1 is 1.39 bits per heavy atom. The molecular formula is C13H16N4O. The van der Waals surface area contributed by atoms with E-state index in [1.165, 1.54) is 0 Å². The zero-order valence-electron chi connectivity index (χ0n) is 10.3. The third-order valence-corrected chi connectivity index (χ3v) is 2.67. The Hall–Kier alpha value is -2.17. The van der Waals surface area contributed by atoms with Gasteiger partial charge >= 0.3 is 0 Å². The van der Waals surface area contributed by atoms with Crippen LogP contribution in [0.15, 0.2) is 29.2 Å². The number of nitrogens with two attached hydrogens (primary N) is 1. The number of aromatic amines is 1. The number of aromatic nitrogens is 3. The highest BCUT2D eigenvalue weighted by molar-refractivity contribution is 5.38. The van der Waals surface area contributed by atoms with Gasteiger partial charge in [-0.1, -0.05) is 19.4 Å². The number of H-pyrrole nitrogens is 1. The molecule has 0 aromatic carbocycles. The maximum Gasteiger partial charge on any atom is 0.256 e. The predicted octanol–water partition coefficient (Wildman–Crippen LogP) is 1.29. The van der Waals surface area contributed by atoms with E-state index in [-0.39, 0.29) is 5.56 Å². The Bertz CT molecular complexity index is 577. The largest absolute Gasteiger partial charge is 0.383 e. The molecule has 0 amide bonds. The molecule has 0 aliphatic heterocycles. The van der Waals surface area contributed by atoms with Gasteiger partial charge in [0.05, 0.1) is 5.56 Å². The zero-order chi connectivity index (χ0) is 13.0. The van der Waals surface area contributed by atoms with Crippen LogP contribution in [-0.4, -0.2) is 15.0 Å². The summed E-state index contributed by atoms with van der Waals surface area (Å²) < 4.78 is 0. The van der Waals surface area contributed by atoms with Gasteiger partial charge in [-0.2, -0.15) is 0 Å². The third-order valence-electron chi connectivity index (χ3n) is 2.67. The van der Waals surface area contributed by atoms with Gasteiger partial charge in [0.25, 0.3) is 5.56 Å². The van der Waals surface area contributed by atoms with Crippen molar-refractivity contribution in [2.24, 2.45) is 0 Å². The molecule has 2 aromatic rings. The van der Waals surface area contributed by atoms with E-state index in [1.807, 2.05) is 25.1 Å². The minimum atomic E-state index is -0.143. The van der Waals surface area contributed by atoms with E-state index in [2.05, 4.69) is 15.0 Å². The lowest BCUT2D eigenvalue weighted by molar-refractivity contribution is 0.856. The first kappa shape index (κ1) is 12.3. The van der Waals surface area contributed by atoms with E-state index in [9.17, 15) is 4.79 Å². The molecular weight excluding hydrogens is 228 g/mol. The summed E-state index contributed by atoms with van der Waals surface area (Å²) in [5, 5.41) is 0. The Kier molecular flexibility index (Phi) is 3.72. The average Bonchev–Trinajstić information content (AvgIpc) is 2.35. The highest BCUT2D eigenvalue weighted by atomic mass is 16.1. The van der Waals surface area contributed by atoms with Crippen LogP contribution in [0.5, 0.6) is 0 Å². The first-order chi connectivity index (χ1) is 8.70. The van der Waals surface area contributed by atoms with Gasteiger partial charge in [0.2, 0.25) is 0 Å². The smallest absolute Gasteiger partial charge is 0.256 e. The molecule has 5 heteroatoms. The van der Waals surface area contributed by atoms with Crippen LogP contribution in [0, 0.1) is 0 Å². The minimum Gasteiger partial charge on any atom is -0.383 e. The molecule has 0 fully saturated rings. The maximum atomic E-state index is 11.8. The summed E-state index contributed by atoms with van der Waals surface area (Å²) >= 11 is 0. The molecule has 5 nitrogen and oxygen atoms in total. The van der Waals surface area contributed by atoms with Crippen LogP contribution in [0.3, 0.4) is 0 Å². The summed E-state index contributed by atoms with van der Waals surface area (Å²) in [6.45, 7) is 2.00. The van der Waals surface area contributed by atoms with Crippen LogP contribution in [0.25, 0.3) is 0 Å². The Labute approximate surface area is 105 Å². The van der Waals surface area contributed by atoms with E-state index < -0.39 is 0 Å². The summed E-state index contributed by atoms with van der Waals surface area (Å²) in [6, 6.07) is 5.63. The molecule has 0 unspecified atom stereocenters. The second kappa shape index (κ2) is 5.44. The monoisotopic (exact) mass is 244 g/mol. The van der Waals surface area contributed by atoms with E-state index in [4.69, 9.17) is 5.73 Å². The molecule has 0 aliphatic rings. The number of rotatable bonds is 4. The molecule has 0 radical (unpaired) electrons. The van der Waals surface area contributed by atoms with Gasteiger partial charge in [-0.05, 0) is 18.6 Å². The molecule has 94 valence electrons. The van der Waals surface area contributed by atoms with Gasteiger partial charge in [-0.15, -0.1) is 0 Å². The summed E-state index contributed by atoms with van der Waals surface area (Å²) in [4.78, 5) is 23.0. The van der Waals surface area contributed by atoms with Crippen molar-refractivity contribution in [1.82, 2.24) is 15.0 Å².